The number of benzene rings is 3. The maximum absolute atomic E-state index is 13.9. The molecular weight excluding hydrogens is 545 g/mol. The van der Waals surface area contributed by atoms with Crippen molar-refractivity contribution in [2.45, 2.75) is 52.2 Å². The lowest BCUT2D eigenvalue weighted by molar-refractivity contribution is -0.140. The van der Waals surface area contributed by atoms with Crippen molar-refractivity contribution < 1.29 is 18.0 Å². The van der Waals surface area contributed by atoms with Crippen molar-refractivity contribution >= 4 is 61.5 Å². The van der Waals surface area contributed by atoms with E-state index in [1.54, 1.807) is 30.3 Å². The molecular formula is C28H33Cl2N3O4S. The molecule has 0 aliphatic heterocycles. The van der Waals surface area contributed by atoms with Crippen LogP contribution in [-0.4, -0.2) is 50.0 Å². The van der Waals surface area contributed by atoms with E-state index in [9.17, 15) is 18.0 Å². The highest BCUT2D eigenvalue weighted by Crippen LogP contribution is 2.29. The first-order chi connectivity index (χ1) is 18.0. The highest BCUT2D eigenvalue weighted by molar-refractivity contribution is 7.92. The molecule has 0 aliphatic rings. The molecule has 0 aromatic heterocycles. The lowest BCUT2D eigenvalue weighted by Crippen LogP contribution is -2.53. The number of carbonyl (C=O) groups excluding carboxylic acids is 2. The molecule has 3 aromatic rings. The average molecular weight is 579 g/mol. The Bertz CT molecular complexity index is 1410. The third-order valence-electron chi connectivity index (χ3n) is 6.46. The largest absolute Gasteiger partial charge is 0.352 e. The van der Waals surface area contributed by atoms with Gasteiger partial charge in [0.15, 0.2) is 0 Å². The summed E-state index contributed by atoms with van der Waals surface area (Å²) in [5.41, 5.74) is 0.982. The molecule has 2 atom stereocenters. The van der Waals surface area contributed by atoms with Gasteiger partial charge in [0.1, 0.15) is 12.6 Å². The maximum Gasteiger partial charge on any atom is 0.244 e. The third kappa shape index (κ3) is 7.18. The molecule has 1 N–H and O–H groups in total. The maximum atomic E-state index is 13.9. The van der Waals surface area contributed by atoms with Crippen LogP contribution in [0.25, 0.3) is 10.8 Å². The Kier molecular flexibility index (Phi) is 10.0. The Morgan fingerprint density at radius 2 is 1.66 bits per heavy atom. The molecule has 10 heteroatoms. The molecule has 3 rings (SSSR count). The number of hydrogen-bond acceptors (Lipinski definition) is 4. The van der Waals surface area contributed by atoms with Gasteiger partial charge in [-0.3, -0.25) is 13.9 Å². The molecule has 0 bridgehead atoms. The molecule has 0 saturated carbocycles. The number of nitrogens with one attached hydrogen (secondary N) is 1. The second kappa shape index (κ2) is 12.8. The molecule has 0 unspecified atom stereocenters. The fraction of sp³-hybridized carbons (Fsp3) is 0.357. The number of rotatable bonds is 11. The normalized spacial score (nSPS) is 13.1. The molecule has 0 saturated heterocycles. The Morgan fingerprint density at radius 1 is 0.974 bits per heavy atom. The number of carbonyl (C=O) groups is 2. The van der Waals surface area contributed by atoms with Crippen LogP contribution in [0.15, 0.2) is 60.7 Å². The van der Waals surface area contributed by atoms with E-state index in [-0.39, 0.29) is 18.5 Å². The summed E-state index contributed by atoms with van der Waals surface area (Å²) < 4.78 is 27.1. The Labute approximate surface area is 234 Å². The van der Waals surface area contributed by atoms with Crippen molar-refractivity contribution in [3.05, 3.63) is 76.3 Å². The molecule has 204 valence electrons. The quantitative estimate of drug-likeness (QED) is 0.319. The second-order valence-corrected chi connectivity index (χ2v) is 12.0. The van der Waals surface area contributed by atoms with Crippen LogP contribution in [0.3, 0.4) is 0 Å². The van der Waals surface area contributed by atoms with Gasteiger partial charge in [-0.2, -0.15) is 0 Å². The summed E-state index contributed by atoms with van der Waals surface area (Å²) >= 11 is 12.5. The summed E-state index contributed by atoms with van der Waals surface area (Å²) in [5, 5.41) is 5.28. The zero-order chi connectivity index (χ0) is 28.0. The van der Waals surface area contributed by atoms with Crippen molar-refractivity contribution in [1.29, 1.82) is 0 Å². The van der Waals surface area contributed by atoms with Crippen LogP contribution in [0.1, 0.15) is 39.2 Å². The number of fused-ring (bicyclic) bond motifs is 1. The van der Waals surface area contributed by atoms with Gasteiger partial charge in [-0.05, 0) is 48.9 Å². The van der Waals surface area contributed by atoms with Crippen LogP contribution in [0, 0.1) is 0 Å². The summed E-state index contributed by atoms with van der Waals surface area (Å²) in [4.78, 5) is 28.6. The van der Waals surface area contributed by atoms with Gasteiger partial charge in [-0.1, -0.05) is 79.5 Å². The van der Waals surface area contributed by atoms with Crippen LogP contribution in [0.2, 0.25) is 10.0 Å². The van der Waals surface area contributed by atoms with Gasteiger partial charge in [0.05, 0.1) is 11.9 Å². The topological polar surface area (TPSA) is 86.8 Å². The first-order valence-corrected chi connectivity index (χ1v) is 15.1. The van der Waals surface area contributed by atoms with Gasteiger partial charge in [0, 0.05) is 28.0 Å². The van der Waals surface area contributed by atoms with E-state index >= 15 is 0 Å². The van der Waals surface area contributed by atoms with E-state index in [4.69, 9.17) is 23.2 Å². The lowest BCUT2D eigenvalue weighted by atomic mass is 10.1. The highest BCUT2D eigenvalue weighted by atomic mass is 35.5. The van der Waals surface area contributed by atoms with Gasteiger partial charge < -0.3 is 10.2 Å². The fourth-order valence-electron chi connectivity index (χ4n) is 4.21. The second-order valence-electron chi connectivity index (χ2n) is 9.27. The molecule has 0 radical (unpaired) electrons. The van der Waals surface area contributed by atoms with E-state index in [0.29, 0.717) is 33.1 Å². The predicted octanol–water partition coefficient (Wildman–Crippen LogP) is 5.63. The van der Waals surface area contributed by atoms with Crippen molar-refractivity contribution in [3.63, 3.8) is 0 Å². The minimum atomic E-state index is -3.86. The number of anilines is 1. The van der Waals surface area contributed by atoms with E-state index < -0.39 is 28.5 Å². The van der Waals surface area contributed by atoms with Crippen LogP contribution in [0.5, 0.6) is 0 Å². The summed E-state index contributed by atoms with van der Waals surface area (Å²) in [5.74, 6) is -0.836. The fourth-order valence-corrected chi connectivity index (χ4v) is 5.54. The van der Waals surface area contributed by atoms with Crippen molar-refractivity contribution in [3.8, 4) is 0 Å². The van der Waals surface area contributed by atoms with E-state index in [1.807, 2.05) is 51.1 Å². The van der Waals surface area contributed by atoms with Gasteiger partial charge in [-0.15, -0.1) is 0 Å². The standard InChI is InChI=1S/C28H33Cl2N3O4S/c1-5-19(3)31-28(35)25(6-2)32(17-21-14-15-22(29)16-24(21)30)27(34)18-33(38(4,36)37)26-13-9-11-20-10-7-8-12-23(20)26/h7-16,19,25H,5-6,17-18H2,1-4H3,(H,31,35)/t19-,25-/m1/s1. The molecule has 0 fully saturated rings. The monoisotopic (exact) mass is 577 g/mol. The van der Waals surface area contributed by atoms with Crippen LogP contribution in [-0.2, 0) is 26.2 Å². The summed E-state index contributed by atoms with van der Waals surface area (Å²) in [7, 11) is -3.86. The molecule has 7 nitrogen and oxygen atoms in total. The zero-order valence-corrected chi connectivity index (χ0v) is 24.3. The SMILES string of the molecule is CC[C@@H](C)NC(=O)[C@@H](CC)N(Cc1ccc(Cl)cc1Cl)C(=O)CN(c1cccc2ccccc12)S(C)(=O)=O. The van der Waals surface area contributed by atoms with Gasteiger partial charge in [0.2, 0.25) is 21.8 Å². The molecule has 0 aliphatic carbocycles. The summed E-state index contributed by atoms with van der Waals surface area (Å²) in [6.45, 7) is 5.18. The Balaban J connectivity index is 2.05. The van der Waals surface area contributed by atoms with Crippen molar-refractivity contribution in [1.82, 2.24) is 10.2 Å². The Hall–Kier alpha value is -2.81. The molecule has 2 amide bonds. The first-order valence-electron chi connectivity index (χ1n) is 12.5. The van der Waals surface area contributed by atoms with Gasteiger partial charge >= 0.3 is 0 Å². The molecule has 3 aromatic carbocycles. The molecule has 0 spiro atoms. The van der Waals surface area contributed by atoms with Crippen molar-refractivity contribution in [2.75, 3.05) is 17.1 Å². The van der Waals surface area contributed by atoms with E-state index in [2.05, 4.69) is 5.32 Å². The highest BCUT2D eigenvalue weighted by Gasteiger charge is 2.32. The van der Waals surface area contributed by atoms with E-state index in [1.165, 1.54) is 4.90 Å². The minimum absolute atomic E-state index is 0.00834. The van der Waals surface area contributed by atoms with Gasteiger partial charge in [0.25, 0.3) is 0 Å². The zero-order valence-electron chi connectivity index (χ0n) is 21.9. The Morgan fingerprint density at radius 3 is 2.29 bits per heavy atom. The van der Waals surface area contributed by atoms with Gasteiger partial charge in [-0.25, -0.2) is 8.42 Å². The smallest absolute Gasteiger partial charge is 0.244 e. The van der Waals surface area contributed by atoms with Crippen LogP contribution in [0.4, 0.5) is 5.69 Å². The minimum Gasteiger partial charge on any atom is -0.352 e. The molecule has 38 heavy (non-hydrogen) atoms. The number of sulfonamides is 1. The van der Waals surface area contributed by atoms with Crippen molar-refractivity contribution in [2.24, 2.45) is 0 Å². The summed E-state index contributed by atoms with van der Waals surface area (Å²) in [6, 6.07) is 16.7. The number of hydrogen-bond donors (Lipinski definition) is 1. The summed E-state index contributed by atoms with van der Waals surface area (Å²) in [6.07, 6.45) is 2.11. The first kappa shape index (κ1) is 29.7. The van der Waals surface area contributed by atoms with Crippen LogP contribution < -0.4 is 9.62 Å². The van der Waals surface area contributed by atoms with Crippen LogP contribution >= 0.6 is 23.2 Å². The lowest BCUT2D eigenvalue weighted by Gasteiger charge is -2.33. The number of amides is 2. The molecule has 0 heterocycles. The number of nitrogens with zero attached hydrogens (tertiary/aromatic N) is 2. The number of halogens is 2. The average Bonchev–Trinajstić information content (AvgIpc) is 2.87. The van der Waals surface area contributed by atoms with E-state index in [0.717, 1.165) is 22.4 Å². The predicted molar refractivity (Wildman–Crippen MR) is 155 cm³/mol. The third-order valence-corrected chi connectivity index (χ3v) is 8.17.